The van der Waals surface area contributed by atoms with E-state index in [9.17, 15) is 31.5 Å². The van der Waals surface area contributed by atoms with Crippen molar-refractivity contribution in [3.05, 3.63) is 41.3 Å². The molecule has 2 aliphatic heterocycles. The summed E-state index contributed by atoms with van der Waals surface area (Å²) < 4.78 is 60.2. The summed E-state index contributed by atoms with van der Waals surface area (Å²) in [5, 5.41) is 18.2. The van der Waals surface area contributed by atoms with E-state index in [1.165, 1.54) is 18.9 Å². The van der Waals surface area contributed by atoms with Gasteiger partial charge in [-0.1, -0.05) is 6.07 Å². The highest BCUT2D eigenvalue weighted by Gasteiger charge is 2.38. The maximum atomic E-state index is 12.8. The predicted molar refractivity (Wildman–Crippen MR) is 133 cm³/mol. The van der Waals surface area contributed by atoms with E-state index in [4.69, 9.17) is 9.90 Å². The van der Waals surface area contributed by atoms with Gasteiger partial charge in [0.15, 0.2) is 0 Å². The fourth-order valence-electron chi connectivity index (χ4n) is 4.40. The van der Waals surface area contributed by atoms with E-state index in [-0.39, 0.29) is 9.77 Å². The average Bonchev–Trinajstić information content (AvgIpc) is 3.54. The van der Waals surface area contributed by atoms with Crippen molar-refractivity contribution in [2.45, 2.75) is 36.1 Å². The van der Waals surface area contributed by atoms with Crippen LogP contribution in [0.2, 0.25) is 0 Å². The molecule has 37 heavy (non-hydrogen) atoms. The highest BCUT2D eigenvalue weighted by Crippen LogP contribution is 2.33. The molecule has 0 bridgehead atoms. The number of alkyl halides is 3. The van der Waals surface area contributed by atoms with Crippen LogP contribution in [0.15, 0.2) is 39.9 Å². The van der Waals surface area contributed by atoms with Crippen LogP contribution in [0.5, 0.6) is 0 Å². The van der Waals surface area contributed by atoms with Gasteiger partial charge >= 0.3 is 18.1 Å². The Morgan fingerprint density at radius 3 is 2.32 bits per heavy atom. The third-order valence-electron chi connectivity index (χ3n) is 6.07. The second-order valence-electron chi connectivity index (χ2n) is 8.84. The molecule has 3 heterocycles. The first-order valence-corrected chi connectivity index (χ1v) is 13.9. The number of nitrogens with one attached hydrogen (secondary N) is 1. The lowest BCUT2D eigenvalue weighted by Crippen LogP contribution is -2.40. The number of nitrogens with zero attached hydrogens (tertiary/aromatic N) is 2. The molecule has 1 aromatic heterocycles. The molecule has 1 atom stereocenters. The number of benzene rings is 1. The van der Waals surface area contributed by atoms with E-state index in [2.05, 4.69) is 14.5 Å². The lowest BCUT2D eigenvalue weighted by Gasteiger charge is -2.37. The number of carboxylic acids is 2. The molecule has 2 fully saturated rings. The van der Waals surface area contributed by atoms with Crippen molar-refractivity contribution in [1.29, 1.82) is 0 Å². The van der Waals surface area contributed by atoms with Crippen LogP contribution >= 0.6 is 11.3 Å². The maximum absolute atomic E-state index is 12.8. The third-order valence-corrected chi connectivity index (χ3v) is 8.83. The van der Waals surface area contributed by atoms with Gasteiger partial charge in [0.2, 0.25) is 0 Å². The van der Waals surface area contributed by atoms with Gasteiger partial charge in [0.05, 0.1) is 16.9 Å². The van der Waals surface area contributed by atoms with E-state index in [0.29, 0.717) is 11.6 Å². The molecule has 2 aliphatic rings. The second kappa shape index (κ2) is 12.1. The normalized spacial score (nSPS) is 18.7. The Bertz CT molecular complexity index is 1180. The highest BCUT2D eigenvalue weighted by atomic mass is 32.2. The van der Waals surface area contributed by atoms with Gasteiger partial charge in [0.25, 0.3) is 10.0 Å². The highest BCUT2D eigenvalue weighted by molar-refractivity contribution is 7.94. The van der Waals surface area contributed by atoms with Gasteiger partial charge in [-0.3, -0.25) is 4.72 Å². The first-order chi connectivity index (χ1) is 17.4. The molecule has 0 amide bonds. The van der Waals surface area contributed by atoms with Crippen molar-refractivity contribution in [3.63, 3.8) is 0 Å². The van der Waals surface area contributed by atoms with Crippen LogP contribution < -0.4 is 9.62 Å². The minimum absolute atomic E-state index is 0.0632. The van der Waals surface area contributed by atoms with Crippen molar-refractivity contribution in [2.75, 3.05) is 42.3 Å². The molecule has 204 valence electrons. The van der Waals surface area contributed by atoms with Crippen LogP contribution in [0.1, 0.15) is 36.0 Å². The summed E-state index contributed by atoms with van der Waals surface area (Å²) in [6.45, 7) is 5.07. The van der Waals surface area contributed by atoms with Gasteiger partial charge in [-0.05, 0) is 74.3 Å². The van der Waals surface area contributed by atoms with Crippen LogP contribution in [-0.4, -0.2) is 74.4 Å². The number of hydrogen-bond acceptors (Lipinski definition) is 7. The standard InChI is InChI=1S/C21H27N3O4S2.C2HF3O2/c25-21(26)17-7-8-19(18(13-17)22-30(27,28)20-6-4-12-29-20)24-11-3-5-16(15-24)14-23-9-1-2-10-23;3-2(4,5)1(6)7/h4,6-8,12-13,16,22H,1-3,5,9-11,14-15H2,(H,25,26);(H,6,7). The zero-order valence-electron chi connectivity index (χ0n) is 19.8. The number of piperidine rings is 1. The predicted octanol–water partition coefficient (Wildman–Crippen LogP) is 4.19. The Morgan fingerprint density at radius 2 is 1.76 bits per heavy atom. The number of thiophene rings is 1. The Balaban J connectivity index is 0.000000479. The van der Waals surface area contributed by atoms with Gasteiger partial charge in [-0.15, -0.1) is 11.3 Å². The van der Waals surface area contributed by atoms with Crippen molar-refractivity contribution in [3.8, 4) is 0 Å². The van der Waals surface area contributed by atoms with Gasteiger partial charge < -0.3 is 20.0 Å². The van der Waals surface area contributed by atoms with E-state index >= 15 is 0 Å². The summed E-state index contributed by atoms with van der Waals surface area (Å²) in [5.74, 6) is -3.31. The number of carboxylic acid groups (broad SMARTS) is 2. The molecule has 0 saturated carbocycles. The molecule has 9 nitrogen and oxygen atoms in total. The van der Waals surface area contributed by atoms with Crippen molar-refractivity contribution in [2.24, 2.45) is 5.92 Å². The number of aliphatic carboxylic acids is 1. The van der Waals surface area contributed by atoms with Gasteiger partial charge in [-0.25, -0.2) is 18.0 Å². The van der Waals surface area contributed by atoms with Crippen LogP contribution in [0.25, 0.3) is 0 Å². The molecule has 3 N–H and O–H groups in total. The number of sulfonamides is 1. The average molecular weight is 564 g/mol. The molecule has 0 aliphatic carbocycles. The fraction of sp³-hybridized carbons (Fsp3) is 0.478. The first-order valence-electron chi connectivity index (χ1n) is 11.6. The minimum Gasteiger partial charge on any atom is -0.478 e. The van der Waals surface area contributed by atoms with Crippen LogP contribution in [-0.2, 0) is 14.8 Å². The Kier molecular flexibility index (Phi) is 9.42. The van der Waals surface area contributed by atoms with Crippen LogP contribution in [0.3, 0.4) is 0 Å². The number of halogens is 3. The number of carbonyl (C=O) groups is 2. The molecule has 14 heteroatoms. The summed E-state index contributed by atoms with van der Waals surface area (Å²) >= 11 is 1.13. The van der Waals surface area contributed by atoms with Crippen molar-refractivity contribution < 1.29 is 41.4 Å². The third kappa shape index (κ3) is 8.07. The zero-order chi connectivity index (χ0) is 27.2. The monoisotopic (exact) mass is 563 g/mol. The summed E-state index contributed by atoms with van der Waals surface area (Å²) in [7, 11) is -3.77. The molecule has 1 aromatic carbocycles. The molecule has 2 aromatic rings. The number of anilines is 2. The Hall–Kier alpha value is -2.84. The van der Waals surface area contributed by atoms with E-state index < -0.39 is 28.1 Å². The van der Waals surface area contributed by atoms with Crippen LogP contribution in [0.4, 0.5) is 24.5 Å². The van der Waals surface area contributed by atoms with Crippen molar-refractivity contribution >= 4 is 44.7 Å². The number of likely N-dealkylation sites (tertiary alicyclic amines) is 1. The molecule has 4 rings (SSSR count). The van der Waals surface area contributed by atoms with E-state index in [0.717, 1.165) is 62.6 Å². The van der Waals surface area contributed by atoms with E-state index in [1.54, 1.807) is 29.6 Å². The van der Waals surface area contributed by atoms with Gasteiger partial charge in [0, 0.05) is 19.6 Å². The quantitative estimate of drug-likeness (QED) is 0.458. The largest absolute Gasteiger partial charge is 0.490 e. The number of hydrogen-bond donors (Lipinski definition) is 3. The van der Waals surface area contributed by atoms with E-state index in [1.807, 2.05) is 0 Å². The fourth-order valence-corrected chi connectivity index (χ4v) is 6.46. The topological polar surface area (TPSA) is 127 Å². The smallest absolute Gasteiger partial charge is 0.478 e. The summed E-state index contributed by atoms with van der Waals surface area (Å²) in [5.41, 5.74) is 1.13. The first kappa shape index (κ1) is 28.7. The molecule has 1 unspecified atom stereocenters. The van der Waals surface area contributed by atoms with Gasteiger partial charge in [-0.2, -0.15) is 13.2 Å². The van der Waals surface area contributed by atoms with Crippen LogP contribution in [0, 0.1) is 5.92 Å². The molecule has 0 radical (unpaired) electrons. The molecular formula is C23H28F3N3O6S2. The Labute approximate surface area is 216 Å². The zero-order valence-corrected chi connectivity index (χ0v) is 21.4. The summed E-state index contributed by atoms with van der Waals surface area (Å²) in [6, 6.07) is 7.92. The lowest BCUT2D eigenvalue weighted by molar-refractivity contribution is -0.192. The summed E-state index contributed by atoms with van der Waals surface area (Å²) in [6.07, 6.45) is -0.351. The summed E-state index contributed by atoms with van der Waals surface area (Å²) in [4.78, 5) is 25.1. The SMILES string of the molecule is O=C(O)C(F)(F)F.O=C(O)c1ccc(N2CCCC(CN3CCCC3)C2)c(NS(=O)(=O)c2cccs2)c1. The maximum Gasteiger partial charge on any atom is 0.490 e. The molecule has 0 spiro atoms. The second-order valence-corrected chi connectivity index (χ2v) is 11.7. The molecule has 2 saturated heterocycles. The van der Waals surface area contributed by atoms with Gasteiger partial charge in [0.1, 0.15) is 4.21 Å². The molecular weight excluding hydrogens is 535 g/mol. The number of rotatable bonds is 7. The lowest BCUT2D eigenvalue weighted by atomic mass is 9.96. The Morgan fingerprint density at radius 1 is 1.08 bits per heavy atom. The number of aromatic carboxylic acids is 1. The minimum atomic E-state index is -5.08. The van der Waals surface area contributed by atoms with Crippen molar-refractivity contribution in [1.82, 2.24) is 4.90 Å².